The van der Waals surface area contributed by atoms with Crippen molar-refractivity contribution < 1.29 is 19.4 Å². The standard InChI is InChI=1S/C25H24N2O4/c1-30-19-13-11-16(12-14-19)21-15-22(20-5-3-4-6-23(20)28)27-24(26-21)17-7-9-18(10-8-17)25(29)31-2/h3-14,22,24,27-28H,15H2,1-2H3/t22-,24-/m1/s1. The molecule has 0 saturated heterocycles. The van der Waals surface area contributed by atoms with Crippen LogP contribution in [0.1, 0.15) is 45.7 Å². The molecule has 1 heterocycles. The second kappa shape index (κ2) is 9.02. The molecule has 0 fully saturated rings. The van der Waals surface area contributed by atoms with Gasteiger partial charge in [-0.3, -0.25) is 10.3 Å². The van der Waals surface area contributed by atoms with Crippen LogP contribution in [0.15, 0.2) is 77.8 Å². The summed E-state index contributed by atoms with van der Waals surface area (Å²) in [6.45, 7) is 0. The summed E-state index contributed by atoms with van der Waals surface area (Å²) in [4.78, 5) is 16.7. The summed E-state index contributed by atoms with van der Waals surface area (Å²) in [5.41, 5.74) is 4.15. The zero-order valence-corrected chi connectivity index (χ0v) is 17.4. The summed E-state index contributed by atoms with van der Waals surface area (Å²) >= 11 is 0. The minimum atomic E-state index is -0.377. The van der Waals surface area contributed by atoms with Crippen molar-refractivity contribution in [2.45, 2.75) is 18.6 Å². The number of aromatic hydroxyl groups is 1. The fourth-order valence-corrected chi connectivity index (χ4v) is 3.74. The SMILES string of the molecule is COC(=O)c1ccc([C@@H]2N=C(c3ccc(OC)cc3)C[C@H](c3ccccc3O)N2)cc1. The molecule has 0 amide bonds. The van der Waals surface area contributed by atoms with Crippen molar-refractivity contribution in [3.05, 3.63) is 95.1 Å². The first-order valence-corrected chi connectivity index (χ1v) is 10.0. The van der Waals surface area contributed by atoms with E-state index < -0.39 is 0 Å². The van der Waals surface area contributed by atoms with Crippen LogP contribution in [0, 0.1) is 0 Å². The van der Waals surface area contributed by atoms with E-state index in [4.69, 9.17) is 14.5 Å². The Morgan fingerprint density at radius 1 is 1.00 bits per heavy atom. The van der Waals surface area contributed by atoms with Crippen molar-refractivity contribution in [1.29, 1.82) is 0 Å². The lowest BCUT2D eigenvalue weighted by Crippen LogP contribution is -2.33. The van der Waals surface area contributed by atoms with E-state index in [0.717, 1.165) is 28.2 Å². The predicted octanol–water partition coefficient (Wildman–Crippen LogP) is 4.41. The first-order valence-electron chi connectivity index (χ1n) is 10.0. The Kier molecular flexibility index (Phi) is 6.00. The maximum Gasteiger partial charge on any atom is 0.337 e. The lowest BCUT2D eigenvalue weighted by atomic mass is 9.93. The topological polar surface area (TPSA) is 80.2 Å². The maximum atomic E-state index is 11.8. The minimum Gasteiger partial charge on any atom is -0.508 e. The summed E-state index contributed by atoms with van der Waals surface area (Å²) in [7, 11) is 3.00. The molecule has 6 heteroatoms. The Hall–Kier alpha value is -3.64. The number of ether oxygens (including phenoxy) is 2. The predicted molar refractivity (Wildman–Crippen MR) is 119 cm³/mol. The molecule has 3 aromatic rings. The number of aliphatic imine (C=N–C) groups is 1. The number of carbonyl (C=O) groups is 1. The molecule has 0 spiro atoms. The number of benzene rings is 3. The quantitative estimate of drug-likeness (QED) is 0.602. The van der Waals surface area contributed by atoms with E-state index in [9.17, 15) is 9.90 Å². The second-order valence-electron chi connectivity index (χ2n) is 7.30. The van der Waals surface area contributed by atoms with Crippen LogP contribution in [0.5, 0.6) is 11.5 Å². The maximum absolute atomic E-state index is 11.8. The van der Waals surface area contributed by atoms with Gasteiger partial charge >= 0.3 is 5.97 Å². The molecule has 1 aliphatic heterocycles. The summed E-state index contributed by atoms with van der Waals surface area (Å²) in [5, 5.41) is 13.9. The molecule has 0 aliphatic carbocycles. The number of phenols is 1. The van der Waals surface area contributed by atoms with Gasteiger partial charge in [0.15, 0.2) is 0 Å². The largest absolute Gasteiger partial charge is 0.508 e. The number of phenolic OH excluding ortho intramolecular Hbond substituents is 1. The Balaban J connectivity index is 1.71. The Morgan fingerprint density at radius 3 is 2.35 bits per heavy atom. The highest BCUT2D eigenvalue weighted by molar-refractivity contribution is 6.01. The van der Waals surface area contributed by atoms with Gasteiger partial charge in [-0.2, -0.15) is 0 Å². The van der Waals surface area contributed by atoms with E-state index in [2.05, 4.69) is 5.32 Å². The zero-order valence-electron chi connectivity index (χ0n) is 17.4. The molecular weight excluding hydrogens is 392 g/mol. The summed E-state index contributed by atoms with van der Waals surface area (Å²) < 4.78 is 10.1. The van der Waals surface area contributed by atoms with Crippen LogP contribution in [-0.4, -0.2) is 31.0 Å². The zero-order chi connectivity index (χ0) is 21.8. The first kappa shape index (κ1) is 20.6. The van der Waals surface area contributed by atoms with Crippen LogP contribution in [-0.2, 0) is 4.74 Å². The molecule has 0 aromatic heterocycles. The number of methoxy groups -OCH3 is 2. The van der Waals surface area contributed by atoms with Crippen LogP contribution in [0.25, 0.3) is 0 Å². The van der Waals surface area contributed by atoms with Crippen molar-refractivity contribution in [2.75, 3.05) is 14.2 Å². The van der Waals surface area contributed by atoms with Gasteiger partial charge in [0.05, 0.1) is 19.8 Å². The number of hydrogen-bond acceptors (Lipinski definition) is 6. The fraction of sp³-hybridized carbons (Fsp3) is 0.200. The molecule has 2 atom stereocenters. The molecule has 0 unspecified atom stereocenters. The second-order valence-corrected chi connectivity index (χ2v) is 7.30. The summed E-state index contributed by atoms with van der Waals surface area (Å²) in [6, 6.07) is 22.2. The summed E-state index contributed by atoms with van der Waals surface area (Å²) in [6.07, 6.45) is 0.294. The fourth-order valence-electron chi connectivity index (χ4n) is 3.74. The molecule has 31 heavy (non-hydrogen) atoms. The van der Waals surface area contributed by atoms with Crippen molar-refractivity contribution in [1.82, 2.24) is 5.32 Å². The minimum absolute atomic E-state index is 0.124. The number of para-hydroxylation sites is 1. The molecule has 0 bridgehead atoms. The molecule has 0 radical (unpaired) electrons. The average molecular weight is 416 g/mol. The van der Waals surface area contributed by atoms with Crippen molar-refractivity contribution >= 4 is 11.7 Å². The smallest absolute Gasteiger partial charge is 0.337 e. The average Bonchev–Trinajstić information content (AvgIpc) is 2.83. The van der Waals surface area contributed by atoms with Gasteiger partial charge in [0.1, 0.15) is 17.7 Å². The third kappa shape index (κ3) is 4.44. The Labute approximate surface area is 181 Å². The van der Waals surface area contributed by atoms with Gasteiger partial charge in [0.25, 0.3) is 0 Å². The van der Waals surface area contributed by atoms with Crippen LogP contribution < -0.4 is 10.1 Å². The van der Waals surface area contributed by atoms with E-state index in [1.807, 2.05) is 54.6 Å². The molecule has 6 nitrogen and oxygen atoms in total. The van der Waals surface area contributed by atoms with Crippen molar-refractivity contribution in [3.63, 3.8) is 0 Å². The Bertz CT molecular complexity index is 1090. The van der Waals surface area contributed by atoms with E-state index in [1.54, 1.807) is 25.3 Å². The third-order valence-electron chi connectivity index (χ3n) is 5.42. The van der Waals surface area contributed by atoms with E-state index in [1.165, 1.54) is 7.11 Å². The molecule has 0 saturated carbocycles. The van der Waals surface area contributed by atoms with Gasteiger partial charge in [-0.15, -0.1) is 0 Å². The van der Waals surface area contributed by atoms with Crippen LogP contribution >= 0.6 is 0 Å². The molecule has 1 aliphatic rings. The normalized spacial score (nSPS) is 18.2. The molecule has 158 valence electrons. The first-order chi connectivity index (χ1) is 15.1. The number of nitrogens with one attached hydrogen (secondary N) is 1. The summed E-state index contributed by atoms with van der Waals surface area (Å²) in [5.74, 6) is 0.652. The van der Waals surface area contributed by atoms with Gasteiger partial charge in [0.2, 0.25) is 0 Å². The van der Waals surface area contributed by atoms with Crippen molar-refractivity contribution in [2.24, 2.45) is 4.99 Å². The molecule has 2 N–H and O–H groups in total. The number of rotatable bonds is 5. The molecule has 3 aromatic carbocycles. The Morgan fingerprint density at radius 2 is 1.71 bits per heavy atom. The lowest BCUT2D eigenvalue weighted by molar-refractivity contribution is 0.0600. The third-order valence-corrected chi connectivity index (χ3v) is 5.42. The van der Waals surface area contributed by atoms with Crippen LogP contribution in [0.3, 0.4) is 0 Å². The van der Waals surface area contributed by atoms with E-state index in [-0.39, 0.29) is 23.9 Å². The van der Waals surface area contributed by atoms with E-state index in [0.29, 0.717) is 12.0 Å². The highest BCUT2D eigenvalue weighted by Gasteiger charge is 2.27. The van der Waals surface area contributed by atoms with Crippen molar-refractivity contribution in [3.8, 4) is 11.5 Å². The van der Waals surface area contributed by atoms with Crippen LogP contribution in [0.4, 0.5) is 0 Å². The number of hydrogen-bond donors (Lipinski definition) is 2. The monoisotopic (exact) mass is 416 g/mol. The van der Waals surface area contributed by atoms with Gasteiger partial charge in [-0.05, 0) is 53.6 Å². The van der Waals surface area contributed by atoms with Gasteiger partial charge in [-0.1, -0.05) is 30.3 Å². The molecular formula is C25H24N2O4. The highest BCUT2D eigenvalue weighted by Crippen LogP contribution is 2.34. The lowest BCUT2D eigenvalue weighted by Gasteiger charge is -2.31. The van der Waals surface area contributed by atoms with Crippen LogP contribution in [0.2, 0.25) is 0 Å². The van der Waals surface area contributed by atoms with E-state index >= 15 is 0 Å². The highest BCUT2D eigenvalue weighted by atomic mass is 16.5. The number of nitrogens with zero attached hydrogens (tertiary/aromatic N) is 1. The number of esters is 1. The van der Waals surface area contributed by atoms with Gasteiger partial charge < -0.3 is 14.6 Å². The molecule has 4 rings (SSSR count). The number of carbonyl (C=O) groups excluding carboxylic acids is 1. The van der Waals surface area contributed by atoms with Gasteiger partial charge in [-0.25, -0.2) is 4.79 Å². The van der Waals surface area contributed by atoms with Gasteiger partial charge in [0, 0.05) is 23.7 Å².